The number of benzene rings is 3. The predicted octanol–water partition coefficient (Wildman–Crippen LogP) is 3.04. The Morgan fingerprint density at radius 1 is 1.00 bits per heavy atom. The van der Waals surface area contributed by atoms with E-state index in [1.807, 2.05) is 97.4 Å². The van der Waals surface area contributed by atoms with Crippen molar-refractivity contribution in [3.8, 4) is 0 Å². The molecule has 0 radical (unpaired) electrons. The van der Waals surface area contributed by atoms with Crippen molar-refractivity contribution in [3.05, 3.63) is 95.8 Å². The summed E-state index contributed by atoms with van der Waals surface area (Å²) in [6.07, 6.45) is 0. The number of hydrogen-bond acceptors (Lipinski definition) is 5. The van der Waals surface area contributed by atoms with Gasteiger partial charge in [0.1, 0.15) is 18.4 Å². The number of hydrogen-bond donors (Lipinski definition) is 2. The fourth-order valence-corrected chi connectivity index (χ4v) is 4.01. The van der Waals surface area contributed by atoms with Gasteiger partial charge in [0.05, 0.1) is 16.7 Å². The van der Waals surface area contributed by atoms with E-state index in [1.54, 1.807) is 0 Å². The summed E-state index contributed by atoms with van der Waals surface area (Å²) in [6.45, 7) is 1.85. The third-order valence-electron chi connectivity index (χ3n) is 5.84. The van der Waals surface area contributed by atoms with Crippen LogP contribution in [0.1, 0.15) is 23.0 Å². The first-order valence-electron chi connectivity index (χ1n) is 11.0. The molecule has 0 bridgehead atoms. The molecular weight excluding hydrogens is 428 g/mol. The molecule has 5 rings (SSSR count). The molecule has 1 aliphatic heterocycles. The lowest BCUT2D eigenvalue weighted by Gasteiger charge is -2.28. The first-order chi connectivity index (χ1) is 16.5. The lowest BCUT2D eigenvalue weighted by Crippen LogP contribution is -2.56. The molecule has 0 saturated heterocycles. The largest absolute Gasteiger partial charge is 0.335 e. The van der Waals surface area contributed by atoms with Crippen LogP contribution in [-0.4, -0.2) is 33.7 Å². The number of fused-ring (bicyclic) bond motifs is 1. The first-order valence-corrected chi connectivity index (χ1v) is 11.0. The highest BCUT2D eigenvalue weighted by Gasteiger charge is 2.29. The van der Waals surface area contributed by atoms with E-state index in [-0.39, 0.29) is 18.3 Å². The molecule has 0 fully saturated rings. The zero-order valence-corrected chi connectivity index (χ0v) is 18.9. The van der Waals surface area contributed by atoms with E-state index < -0.39 is 11.9 Å². The number of rotatable bonds is 5. The van der Waals surface area contributed by atoms with Crippen LogP contribution in [0.25, 0.3) is 11.0 Å². The van der Waals surface area contributed by atoms with Crippen LogP contribution in [0.5, 0.6) is 0 Å². The number of nitrogens with zero attached hydrogens (tertiary/aromatic N) is 4. The summed E-state index contributed by atoms with van der Waals surface area (Å²) in [5, 5.41) is 4.42. The smallest absolute Gasteiger partial charge is 0.288 e. The van der Waals surface area contributed by atoms with Crippen LogP contribution in [0.4, 0.5) is 5.69 Å². The molecule has 0 spiro atoms. The summed E-state index contributed by atoms with van der Waals surface area (Å²) in [5.74, 6) is 0.101. The Labute approximate surface area is 196 Å². The molecule has 3 aromatic carbocycles. The number of para-hydroxylation sites is 2. The van der Waals surface area contributed by atoms with E-state index in [9.17, 15) is 9.59 Å². The third kappa shape index (κ3) is 4.01. The Morgan fingerprint density at radius 3 is 2.44 bits per heavy atom. The van der Waals surface area contributed by atoms with E-state index in [2.05, 4.69) is 15.7 Å². The fraction of sp³-hybridized carbons (Fsp3) is 0.154. The minimum Gasteiger partial charge on any atom is -0.335 e. The molecule has 1 unspecified atom stereocenters. The molecule has 2 N–H and O–H groups in total. The van der Waals surface area contributed by atoms with Crippen molar-refractivity contribution in [2.75, 3.05) is 11.6 Å². The standard InChI is InChI=1S/C26H24N6O2/c1-17-12-14-19(15-13-17)32-22(33)16-27-24(30-32)26(34)29-23(18-8-4-3-5-9-18)25-28-20-10-6-7-11-21(20)31(25)2/h3-15,23H,16H2,1-2H3,(H,27,30)(H,29,34). The minimum absolute atomic E-state index is 0.0693. The second-order valence-corrected chi connectivity index (χ2v) is 8.18. The van der Waals surface area contributed by atoms with Gasteiger partial charge in [0, 0.05) is 7.05 Å². The maximum atomic E-state index is 13.3. The van der Waals surface area contributed by atoms with Crippen LogP contribution in [0.2, 0.25) is 0 Å². The van der Waals surface area contributed by atoms with Gasteiger partial charge in [-0.15, -0.1) is 0 Å². The zero-order valence-electron chi connectivity index (χ0n) is 18.9. The van der Waals surface area contributed by atoms with Crippen molar-refractivity contribution >= 4 is 34.4 Å². The Bertz CT molecular complexity index is 1390. The van der Waals surface area contributed by atoms with Gasteiger partial charge >= 0.3 is 0 Å². The first kappa shape index (κ1) is 21.4. The third-order valence-corrected chi connectivity index (χ3v) is 5.84. The number of amides is 2. The molecular formula is C26H24N6O2. The van der Waals surface area contributed by atoms with Gasteiger partial charge in [-0.2, -0.15) is 0 Å². The summed E-state index contributed by atoms with van der Waals surface area (Å²) in [4.78, 5) is 34.8. The molecule has 1 aliphatic rings. The maximum Gasteiger partial charge on any atom is 0.288 e. The summed E-state index contributed by atoms with van der Waals surface area (Å²) in [7, 11) is 1.93. The Balaban J connectivity index is 1.45. The van der Waals surface area contributed by atoms with E-state index in [0.29, 0.717) is 11.5 Å². The van der Waals surface area contributed by atoms with Gasteiger partial charge in [-0.1, -0.05) is 60.2 Å². The van der Waals surface area contributed by atoms with Crippen molar-refractivity contribution in [1.29, 1.82) is 0 Å². The highest BCUT2D eigenvalue weighted by Crippen LogP contribution is 2.25. The average molecular weight is 453 g/mol. The number of carbonyl (C=O) groups excluding carboxylic acids is 2. The number of amidine groups is 1. The second-order valence-electron chi connectivity index (χ2n) is 8.18. The average Bonchev–Trinajstić information content (AvgIpc) is 3.20. The van der Waals surface area contributed by atoms with Crippen molar-refractivity contribution < 1.29 is 9.59 Å². The quantitative estimate of drug-likeness (QED) is 0.487. The molecule has 34 heavy (non-hydrogen) atoms. The van der Waals surface area contributed by atoms with Gasteiger partial charge < -0.3 is 9.88 Å². The van der Waals surface area contributed by atoms with Gasteiger partial charge in [-0.05, 0) is 36.8 Å². The van der Waals surface area contributed by atoms with Crippen molar-refractivity contribution in [2.45, 2.75) is 13.0 Å². The van der Waals surface area contributed by atoms with E-state index in [1.165, 1.54) is 5.01 Å². The number of carbonyl (C=O) groups is 2. The highest BCUT2D eigenvalue weighted by atomic mass is 16.2. The summed E-state index contributed by atoms with van der Waals surface area (Å²) >= 11 is 0. The normalized spacial score (nSPS) is 14.5. The lowest BCUT2D eigenvalue weighted by atomic mass is 10.1. The van der Waals surface area contributed by atoms with Crippen LogP contribution in [0.3, 0.4) is 0 Å². The summed E-state index contributed by atoms with van der Waals surface area (Å²) in [5.41, 5.74) is 7.31. The molecule has 0 saturated carbocycles. The van der Waals surface area contributed by atoms with E-state index in [4.69, 9.17) is 4.98 Å². The molecule has 8 nitrogen and oxygen atoms in total. The summed E-state index contributed by atoms with van der Waals surface area (Å²) in [6, 6.07) is 24.5. The number of imidazole rings is 1. The maximum absolute atomic E-state index is 13.3. The van der Waals surface area contributed by atoms with Gasteiger partial charge in [0.15, 0.2) is 0 Å². The lowest BCUT2D eigenvalue weighted by molar-refractivity contribution is -0.118. The van der Waals surface area contributed by atoms with Crippen LogP contribution in [-0.2, 0) is 16.6 Å². The van der Waals surface area contributed by atoms with Crippen molar-refractivity contribution in [2.24, 2.45) is 12.0 Å². The SMILES string of the molecule is Cc1ccc(N2NC(C(=O)NC(c3ccccc3)c3nc4ccccc4n3C)=NCC2=O)cc1. The predicted molar refractivity (Wildman–Crippen MR) is 131 cm³/mol. The molecule has 8 heteroatoms. The summed E-state index contributed by atoms with van der Waals surface area (Å²) < 4.78 is 1.98. The van der Waals surface area contributed by atoms with Crippen LogP contribution >= 0.6 is 0 Å². The minimum atomic E-state index is -0.513. The monoisotopic (exact) mass is 452 g/mol. The van der Waals surface area contributed by atoms with Gasteiger partial charge in [-0.25, -0.2) is 9.99 Å². The molecule has 2 amide bonds. The fourth-order valence-electron chi connectivity index (χ4n) is 4.01. The number of aryl methyl sites for hydroxylation is 2. The molecule has 170 valence electrons. The van der Waals surface area contributed by atoms with Crippen LogP contribution in [0, 0.1) is 6.92 Å². The number of aliphatic imine (C=N–C) groups is 1. The van der Waals surface area contributed by atoms with E-state index >= 15 is 0 Å². The zero-order chi connectivity index (χ0) is 23.7. The van der Waals surface area contributed by atoms with Gasteiger partial charge in [0.2, 0.25) is 5.84 Å². The number of aromatic nitrogens is 2. The van der Waals surface area contributed by atoms with Crippen LogP contribution < -0.4 is 15.8 Å². The Morgan fingerprint density at radius 2 is 1.71 bits per heavy atom. The van der Waals surface area contributed by atoms with Gasteiger partial charge in [-0.3, -0.25) is 20.0 Å². The number of anilines is 1. The molecule has 1 aromatic heterocycles. The Hall–Kier alpha value is -4.46. The molecule has 0 aliphatic carbocycles. The van der Waals surface area contributed by atoms with E-state index in [0.717, 1.165) is 22.2 Å². The Kier molecular flexibility index (Phi) is 5.55. The van der Waals surface area contributed by atoms with Crippen LogP contribution in [0.15, 0.2) is 83.9 Å². The highest BCUT2D eigenvalue weighted by molar-refractivity contribution is 6.39. The molecule has 1 atom stereocenters. The van der Waals surface area contributed by atoms with Crippen molar-refractivity contribution in [1.82, 2.24) is 20.3 Å². The molecule has 2 heterocycles. The molecule has 4 aromatic rings. The van der Waals surface area contributed by atoms with Crippen molar-refractivity contribution in [3.63, 3.8) is 0 Å². The number of hydrazine groups is 1. The number of nitrogens with one attached hydrogen (secondary N) is 2. The van der Waals surface area contributed by atoms with Gasteiger partial charge in [0.25, 0.3) is 11.8 Å². The topological polar surface area (TPSA) is 91.6 Å². The second kappa shape index (κ2) is 8.82.